The number of amides is 2. The monoisotopic (exact) mass is 475 g/mol. The van der Waals surface area contributed by atoms with Gasteiger partial charge in [0.2, 0.25) is 5.91 Å². The third kappa shape index (κ3) is 6.28. The number of benzene rings is 3. The molecule has 7 heteroatoms. The number of thiazole rings is 1. The van der Waals surface area contributed by atoms with Gasteiger partial charge in [-0.3, -0.25) is 9.59 Å². The lowest BCUT2D eigenvalue weighted by Gasteiger charge is -2.19. The van der Waals surface area contributed by atoms with E-state index in [-0.39, 0.29) is 18.2 Å². The van der Waals surface area contributed by atoms with Crippen LogP contribution in [0.25, 0.3) is 0 Å². The number of aromatic nitrogens is 1. The van der Waals surface area contributed by atoms with Crippen LogP contribution in [-0.4, -0.2) is 16.8 Å². The molecular weight excluding hydrogens is 454 g/mol. The van der Waals surface area contributed by atoms with Crippen LogP contribution in [-0.2, 0) is 11.2 Å². The van der Waals surface area contributed by atoms with Gasteiger partial charge in [-0.05, 0) is 23.3 Å². The van der Waals surface area contributed by atoms with E-state index in [1.165, 1.54) is 16.9 Å². The van der Waals surface area contributed by atoms with Crippen molar-refractivity contribution in [1.29, 1.82) is 0 Å². The van der Waals surface area contributed by atoms with E-state index >= 15 is 0 Å². The Bertz CT molecular complexity index is 1230. The van der Waals surface area contributed by atoms with E-state index in [9.17, 15) is 9.59 Å². The second-order valence-electron chi connectivity index (χ2n) is 7.46. The highest BCUT2D eigenvalue weighted by Gasteiger charge is 2.21. The zero-order valence-electron chi connectivity index (χ0n) is 17.7. The number of carbonyl (C=O) groups is 2. The van der Waals surface area contributed by atoms with Crippen LogP contribution in [0.1, 0.15) is 38.8 Å². The van der Waals surface area contributed by atoms with Gasteiger partial charge in [0.05, 0.1) is 23.0 Å². The molecule has 1 unspecified atom stereocenters. The lowest BCUT2D eigenvalue weighted by Crippen LogP contribution is -2.31. The first-order chi connectivity index (χ1) is 16.1. The van der Waals surface area contributed by atoms with Gasteiger partial charge in [0, 0.05) is 17.5 Å². The second kappa shape index (κ2) is 10.9. The van der Waals surface area contributed by atoms with Gasteiger partial charge in [0.25, 0.3) is 5.91 Å². The highest BCUT2D eigenvalue weighted by Crippen LogP contribution is 2.24. The van der Waals surface area contributed by atoms with Crippen LogP contribution < -0.4 is 10.6 Å². The second-order valence-corrected chi connectivity index (χ2v) is 8.99. The summed E-state index contributed by atoms with van der Waals surface area (Å²) < 4.78 is 0. The average molecular weight is 476 g/mol. The number of hydrogen-bond acceptors (Lipinski definition) is 4. The number of rotatable bonds is 8. The molecule has 1 aromatic heterocycles. The van der Waals surface area contributed by atoms with E-state index in [0.717, 1.165) is 16.9 Å². The summed E-state index contributed by atoms with van der Waals surface area (Å²) in [6.45, 7) is 0. The molecule has 0 saturated carbocycles. The van der Waals surface area contributed by atoms with Gasteiger partial charge < -0.3 is 10.6 Å². The maximum atomic E-state index is 12.8. The molecule has 0 radical (unpaired) electrons. The van der Waals surface area contributed by atoms with Crippen LogP contribution in [0.15, 0.2) is 91.1 Å². The Labute approximate surface area is 201 Å². The zero-order chi connectivity index (χ0) is 23.0. The van der Waals surface area contributed by atoms with Gasteiger partial charge in [-0.25, -0.2) is 4.98 Å². The van der Waals surface area contributed by atoms with Crippen molar-refractivity contribution in [2.45, 2.75) is 18.9 Å². The minimum atomic E-state index is -0.515. The molecule has 3 aromatic carbocycles. The number of anilines is 1. The average Bonchev–Trinajstić information content (AvgIpc) is 3.26. The van der Waals surface area contributed by atoms with Gasteiger partial charge in [0.1, 0.15) is 0 Å². The molecule has 33 heavy (non-hydrogen) atoms. The van der Waals surface area contributed by atoms with Crippen molar-refractivity contribution in [2.75, 3.05) is 5.32 Å². The summed E-state index contributed by atoms with van der Waals surface area (Å²) in [6.07, 6.45) is 2.60. The first-order valence-corrected chi connectivity index (χ1v) is 11.7. The van der Waals surface area contributed by atoms with Crippen molar-refractivity contribution in [2.24, 2.45) is 0 Å². The molecule has 0 aliphatic rings. The first-order valence-electron chi connectivity index (χ1n) is 10.5. The summed E-state index contributed by atoms with van der Waals surface area (Å²) in [5.41, 5.74) is 2.38. The van der Waals surface area contributed by atoms with E-state index in [0.29, 0.717) is 15.7 Å². The maximum absolute atomic E-state index is 12.8. The molecule has 0 fully saturated rings. The predicted octanol–water partition coefficient (Wildman–Crippen LogP) is 5.89. The van der Waals surface area contributed by atoms with Crippen LogP contribution in [0.5, 0.6) is 0 Å². The SMILES string of the molecule is O=C(CC(NC(=O)c1ccccc1Cl)c1ccccc1)Nc1ncc(Cc2ccccc2)s1. The van der Waals surface area contributed by atoms with E-state index in [1.54, 1.807) is 30.5 Å². The summed E-state index contributed by atoms with van der Waals surface area (Å²) in [5, 5.41) is 6.71. The third-order valence-corrected chi connectivity index (χ3v) is 6.28. The van der Waals surface area contributed by atoms with E-state index < -0.39 is 6.04 Å². The van der Waals surface area contributed by atoms with Gasteiger partial charge >= 0.3 is 0 Å². The first kappa shape index (κ1) is 22.7. The lowest BCUT2D eigenvalue weighted by molar-refractivity contribution is -0.116. The van der Waals surface area contributed by atoms with Crippen molar-refractivity contribution >= 4 is 39.9 Å². The molecule has 1 heterocycles. The fraction of sp³-hybridized carbons (Fsp3) is 0.115. The molecule has 2 amide bonds. The topological polar surface area (TPSA) is 71.1 Å². The number of carbonyl (C=O) groups excluding carboxylic acids is 2. The van der Waals surface area contributed by atoms with Gasteiger partial charge in [-0.15, -0.1) is 11.3 Å². The third-order valence-electron chi connectivity index (χ3n) is 5.04. The Balaban J connectivity index is 1.43. The number of nitrogens with zero attached hydrogens (tertiary/aromatic N) is 1. The van der Waals surface area contributed by atoms with Crippen LogP contribution in [0.2, 0.25) is 5.02 Å². The quantitative estimate of drug-likeness (QED) is 0.334. The summed E-state index contributed by atoms with van der Waals surface area (Å²) in [4.78, 5) is 31.0. The van der Waals surface area contributed by atoms with Crippen LogP contribution in [0.4, 0.5) is 5.13 Å². The molecule has 0 spiro atoms. The van der Waals surface area contributed by atoms with Crippen molar-refractivity contribution in [3.63, 3.8) is 0 Å². The Morgan fingerprint density at radius 3 is 2.30 bits per heavy atom. The Hall–Kier alpha value is -3.48. The van der Waals surface area contributed by atoms with E-state index in [1.807, 2.05) is 48.5 Å². The van der Waals surface area contributed by atoms with Gasteiger partial charge in [-0.2, -0.15) is 0 Å². The number of hydrogen-bond donors (Lipinski definition) is 2. The van der Waals surface area contributed by atoms with Gasteiger partial charge in [0.15, 0.2) is 5.13 Å². The Kier molecular flexibility index (Phi) is 7.50. The molecule has 0 bridgehead atoms. The number of halogens is 1. The summed E-state index contributed by atoms with van der Waals surface area (Å²) in [5.74, 6) is -0.564. The largest absolute Gasteiger partial charge is 0.345 e. The van der Waals surface area contributed by atoms with Crippen LogP contribution in [0.3, 0.4) is 0 Å². The summed E-state index contributed by atoms with van der Waals surface area (Å²) in [7, 11) is 0. The fourth-order valence-electron chi connectivity index (χ4n) is 3.42. The minimum Gasteiger partial charge on any atom is -0.345 e. The van der Waals surface area contributed by atoms with Crippen LogP contribution >= 0.6 is 22.9 Å². The summed E-state index contributed by atoms with van der Waals surface area (Å²) in [6, 6.07) is 25.8. The molecule has 0 aliphatic heterocycles. The molecule has 166 valence electrons. The Morgan fingerprint density at radius 1 is 0.909 bits per heavy atom. The molecule has 2 N–H and O–H groups in total. The molecule has 5 nitrogen and oxygen atoms in total. The molecule has 1 atom stereocenters. The smallest absolute Gasteiger partial charge is 0.253 e. The molecule has 4 rings (SSSR count). The summed E-state index contributed by atoms with van der Waals surface area (Å²) >= 11 is 7.62. The molecule has 0 saturated heterocycles. The minimum absolute atomic E-state index is 0.0633. The maximum Gasteiger partial charge on any atom is 0.253 e. The Morgan fingerprint density at radius 2 is 1.58 bits per heavy atom. The van der Waals surface area contributed by atoms with Crippen molar-refractivity contribution in [3.05, 3.63) is 118 Å². The highest BCUT2D eigenvalue weighted by atomic mass is 35.5. The van der Waals surface area contributed by atoms with Gasteiger partial charge in [-0.1, -0.05) is 84.4 Å². The van der Waals surface area contributed by atoms with Crippen LogP contribution in [0, 0.1) is 0 Å². The molecule has 0 aliphatic carbocycles. The molecular formula is C26H22ClN3O2S. The molecule has 4 aromatic rings. The standard InChI is InChI=1S/C26H22ClN3O2S/c27-22-14-8-7-13-21(22)25(32)29-23(19-11-5-2-6-12-19)16-24(31)30-26-28-17-20(33-26)15-18-9-3-1-4-10-18/h1-14,17,23H,15-16H2,(H,29,32)(H,28,30,31). The lowest BCUT2D eigenvalue weighted by atomic mass is 10.0. The van der Waals surface area contributed by atoms with E-state index in [2.05, 4.69) is 27.8 Å². The fourth-order valence-corrected chi connectivity index (χ4v) is 4.50. The number of nitrogens with one attached hydrogen (secondary N) is 2. The zero-order valence-corrected chi connectivity index (χ0v) is 19.3. The predicted molar refractivity (Wildman–Crippen MR) is 133 cm³/mol. The van der Waals surface area contributed by atoms with Crippen molar-refractivity contribution in [1.82, 2.24) is 10.3 Å². The normalized spacial score (nSPS) is 11.5. The van der Waals surface area contributed by atoms with Crippen molar-refractivity contribution < 1.29 is 9.59 Å². The highest BCUT2D eigenvalue weighted by molar-refractivity contribution is 7.15. The van der Waals surface area contributed by atoms with E-state index in [4.69, 9.17) is 11.6 Å². The van der Waals surface area contributed by atoms with Crippen molar-refractivity contribution in [3.8, 4) is 0 Å².